The second-order valence-electron chi connectivity index (χ2n) is 6.54. The molecular weight excluding hydrogens is 326 g/mol. The Hall–Kier alpha value is -1.92. The molecule has 0 radical (unpaired) electrons. The van der Waals surface area contributed by atoms with E-state index in [0.29, 0.717) is 0 Å². The number of benzene rings is 1. The maximum atomic E-state index is 12.5. The summed E-state index contributed by atoms with van der Waals surface area (Å²) in [5.74, 6) is 0.114. The number of hydrogen-bond donors (Lipinski definition) is 2. The van der Waals surface area contributed by atoms with Crippen molar-refractivity contribution in [1.82, 2.24) is 25.6 Å². The minimum absolute atomic E-state index is 0. The van der Waals surface area contributed by atoms with Crippen molar-refractivity contribution in [3.05, 3.63) is 42.2 Å². The molecule has 6 nitrogen and oxygen atoms in total. The molecule has 2 N–H and O–H groups in total. The molecule has 1 aromatic heterocycles. The second-order valence-corrected chi connectivity index (χ2v) is 6.54. The summed E-state index contributed by atoms with van der Waals surface area (Å²) < 4.78 is 1.73. The molecule has 3 rings (SSSR count). The summed E-state index contributed by atoms with van der Waals surface area (Å²) in [6, 6.07) is 9.82. The Labute approximate surface area is 148 Å². The van der Waals surface area contributed by atoms with Crippen LogP contribution in [0.25, 0.3) is 5.69 Å². The van der Waals surface area contributed by atoms with E-state index >= 15 is 0 Å². The fourth-order valence-corrected chi connectivity index (χ4v) is 2.81. The van der Waals surface area contributed by atoms with E-state index in [1.165, 1.54) is 0 Å². The highest BCUT2D eigenvalue weighted by Gasteiger charge is 2.30. The van der Waals surface area contributed by atoms with Gasteiger partial charge in [-0.1, -0.05) is 23.4 Å². The van der Waals surface area contributed by atoms with Crippen molar-refractivity contribution in [2.24, 2.45) is 5.92 Å². The molecule has 0 spiro atoms. The highest BCUT2D eigenvalue weighted by molar-refractivity contribution is 5.85. The average Bonchev–Trinajstić information content (AvgIpc) is 3.07. The van der Waals surface area contributed by atoms with Crippen LogP contribution >= 0.6 is 12.4 Å². The lowest BCUT2D eigenvalue weighted by Gasteiger charge is -2.28. The van der Waals surface area contributed by atoms with Crippen LogP contribution in [-0.4, -0.2) is 34.0 Å². The summed E-state index contributed by atoms with van der Waals surface area (Å²) in [4.78, 5) is 12.5. The quantitative estimate of drug-likeness (QED) is 0.886. The molecule has 130 valence electrons. The van der Waals surface area contributed by atoms with E-state index in [1.54, 1.807) is 4.68 Å². The topological polar surface area (TPSA) is 71.8 Å². The Balaban J connectivity index is 0.00000208. The van der Waals surface area contributed by atoms with Crippen molar-refractivity contribution >= 4 is 18.3 Å². The van der Waals surface area contributed by atoms with Crippen molar-refractivity contribution in [2.75, 3.05) is 13.1 Å². The Morgan fingerprint density at radius 1 is 1.33 bits per heavy atom. The second kappa shape index (κ2) is 7.77. The molecule has 1 fully saturated rings. The molecule has 1 saturated heterocycles. The predicted octanol–water partition coefficient (Wildman–Crippen LogP) is 2.04. The zero-order valence-electron chi connectivity index (χ0n) is 14.0. The van der Waals surface area contributed by atoms with Gasteiger partial charge in [0.05, 0.1) is 23.3 Å². The monoisotopic (exact) mass is 349 g/mol. The van der Waals surface area contributed by atoms with Gasteiger partial charge in [-0.25, -0.2) is 4.68 Å². The van der Waals surface area contributed by atoms with E-state index < -0.39 is 5.54 Å². The van der Waals surface area contributed by atoms with E-state index in [9.17, 15) is 4.79 Å². The number of piperidine rings is 1. The highest BCUT2D eigenvalue weighted by atomic mass is 35.5. The molecule has 24 heavy (non-hydrogen) atoms. The minimum Gasteiger partial charge on any atom is -0.345 e. The molecule has 1 aromatic carbocycles. The number of para-hydroxylation sites is 1. The molecular formula is C17H24ClN5O. The van der Waals surface area contributed by atoms with Crippen molar-refractivity contribution < 1.29 is 4.79 Å². The summed E-state index contributed by atoms with van der Waals surface area (Å²) in [5.41, 5.74) is 1.14. The lowest BCUT2D eigenvalue weighted by atomic mass is 9.95. The summed E-state index contributed by atoms with van der Waals surface area (Å²) >= 11 is 0. The number of hydrogen-bond acceptors (Lipinski definition) is 4. The normalized spacial score (nSPS) is 17.8. The fraction of sp³-hybridized carbons (Fsp3) is 0.471. The first-order valence-corrected chi connectivity index (χ1v) is 8.07. The van der Waals surface area contributed by atoms with Gasteiger partial charge in [0.25, 0.3) is 0 Å². The van der Waals surface area contributed by atoms with Crippen LogP contribution < -0.4 is 10.6 Å². The van der Waals surface area contributed by atoms with Gasteiger partial charge in [0.1, 0.15) is 5.69 Å². The molecule has 1 atom stereocenters. The molecule has 1 amide bonds. The number of nitrogens with one attached hydrogen (secondary N) is 2. The van der Waals surface area contributed by atoms with Crippen LogP contribution in [0, 0.1) is 5.92 Å². The molecule has 2 heterocycles. The van der Waals surface area contributed by atoms with Gasteiger partial charge in [-0.2, -0.15) is 0 Å². The van der Waals surface area contributed by atoms with Crippen molar-refractivity contribution in [3.8, 4) is 5.69 Å². The van der Waals surface area contributed by atoms with Crippen LogP contribution in [0.5, 0.6) is 0 Å². The van der Waals surface area contributed by atoms with Gasteiger partial charge in [0, 0.05) is 6.54 Å². The minimum atomic E-state index is -0.554. The first-order chi connectivity index (χ1) is 11.1. The van der Waals surface area contributed by atoms with E-state index in [0.717, 1.165) is 37.3 Å². The number of aromatic nitrogens is 3. The summed E-state index contributed by atoms with van der Waals surface area (Å²) in [6.07, 6.45) is 3.85. The first-order valence-electron chi connectivity index (χ1n) is 8.07. The van der Waals surface area contributed by atoms with Gasteiger partial charge in [0.2, 0.25) is 5.91 Å². The summed E-state index contributed by atoms with van der Waals surface area (Å²) in [6.45, 7) is 5.66. The largest absolute Gasteiger partial charge is 0.345 e. The molecule has 7 heteroatoms. The van der Waals surface area contributed by atoms with E-state index in [4.69, 9.17) is 0 Å². The zero-order valence-corrected chi connectivity index (χ0v) is 14.8. The van der Waals surface area contributed by atoms with Gasteiger partial charge < -0.3 is 10.6 Å². The van der Waals surface area contributed by atoms with E-state index in [1.807, 2.05) is 50.4 Å². The maximum Gasteiger partial charge on any atom is 0.225 e. The van der Waals surface area contributed by atoms with E-state index in [2.05, 4.69) is 20.9 Å². The lowest BCUT2D eigenvalue weighted by molar-refractivity contribution is -0.127. The van der Waals surface area contributed by atoms with Gasteiger partial charge in [-0.3, -0.25) is 4.79 Å². The number of halogens is 1. The third kappa shape index (κ3) is 4.13. The number of nitrogens with zero attached hydrogens (tertiary/aromatic N) is 3. The van der Waals surface area contributed by atoms with Crippen molar-refractivity contribution in [2.45, 2.75) is 32.2 Å². The Bertz CT molecular complexity index is 665. The van der Waals surface area contributed by atoms with Crippen LogP contribution in [0.4, 0.5) is 0 Å². The Morgan fingerprint density at radius 2 is 2.08 bits per heavy atom. The maximum absolute atomic E-state index is 12.5. The smallest absolute Gasteiger partial charge is 0.225 e. The standard InChI is InChI=1S/C17H23N5O.ClH/c1-17(2,19-16(23)13-7-6-10-18-11-13)15-12-22(21-20-15)14-8-4-3-5-9-14;/h3-5,8-9,12-13,18H,6-7,10-11H2,1-2H3,(H,19,23);1H. The lowest BCUT2D eigenvalue weighted by Crippen LogP contribution is -2.47. The Morgan fingerprint density at radius 3 is 2.75 bits per heavy atom. The first kappa shape index (κ1) is 18.4. The molecule has 1 aliphatic heterocycles. The third-order valence-corrected chi connectivity index (χ3v) is 4.26. The van der Waals surface area contributed by atoms with Crippen LogP contribution in [-0.2, 0) is 10.3 Å². The van der Waals surface area contributed by atoms with Crippen LogP contribution in [0.3, 0.4) is 0 Å². The van der Waals surface area contributed by atoms with Crippen molar-refractivity contribution in [1.29, 1.82) is 0 Å². The van der Waals surface area contributed by atoms with Gasteiger partial charge >= 0.3 is 0 Å². The number of amides is 1. The molecule has 1 unspecified atom stereocenters. The van der Waals surface area contributed by atoms with Crippen LogP contribution in [0.2, 0.25) is 0 Å². The number of carbonyl (C=O) groups excluding carboxylic acids is 1. The number of carbonyl (C=O) groups is 1. The van der Waals surface area contributed by atoms with Crippen LogP contribution in [0.15, 0.2) is 36.5 Å². The predicted molar refractivity (Wildman–Crippen MR) is 95.4 cm³/mol. The van der Waals surface area contributed by atoms with Gasteiger partial charge in [0.15, 0.2) is 0 Å². The van der Waals surface area contributed by atoms with Gasteiger partial charge in [-0.05, 0) is 45.4 Å². The molecule has 0 saturated carbocycles. The fourth-order valence-electron chi connectivity index (χ4n) is 2.81. The Kier molecular flexibility index (Phi) is 5.96. The molecule has 0 aliphatic carbocycles. The number of rotatable bonds is 4. The third-order valence-electron chi connectivity index (χ3n) is 4.26. The SMILES string of the molecule is CC(C)(NC(=O)C1CCCNC1)c1cn(-c2ccccc2)nn1.Cl. The van der Waals surface area contributed by atoms with Crippen LogP contribution in [0.1, 0.15) is 32.4 Å². The molecule has 2 aromatic rings. The highest BCUT2D eigenvalue weighted by Crippen LogP contribution is 2.20. The average molecular weight is 350 g/mol. The molecule has 0 bridgehead atoms. The summed E-state index contributed by atoms with van der Waals surface area (Å²) in [7, 11) is 0. The van der Waals surface area contributed by atoms with Crippen molar-refractivity contribution in [3.63, 3.8) is 0 Å². The van der Waals surface area contributed by atoms with Gasteiger partial charge in [-0.15, -0.1) is 17.5 Å². The van der Waals surface area contributed by atoms with E-state index in [-0.39, 0.29) is 24.2 Å². The molecule has 1 aliphatic rings. The summed E-state index contributed by atoms with van der Waals surface area (Å²) in [5, 5.41) is 14.8. The zero-order chi connectivity index (χ0) is 16.3.